The maximum atomic E-state index is 11.6. The normalized spacial score (nSPS) is 13.1. The Kier molecular flexibility index (Phi) is 15.3. The first-order chi connectivity index (χ1) is 35.1. The molecule has 0 amide bonds. The first kappa shape index (κ1) is 49.1. The molecule has 0 radical (unpaired) electrons. The highest BCUT2D eigenvalue weighted by Crippen LogP contribution is 2.42. The SMILES string of the molecule is C=C(C)C(=O)OCCCCCCOc1ccc(C2=C(c3ccc(OC)cc3)N=C(c3cc4ccc3CCc3ccc(cc3-c3nc(-c5ccc(OC)c(C)c5)c(-c5ccc(OC)c(OC)c5)[nH]3)CC4)C2)cc1. The third kappa shape index (κ3) is 11.0. The van der Waals surface area contributed by atoms with Crippen LogP contribution in [0, 0.1) is 6.92 Å². The molecule has 10 heteroatoms. The van der Waals surface area contributed by atoms with Gasteiger partial charge in [0.2, 0.25) is 0 Å². The van der Waals surface area contributed by atoms with Crippen LogP contribution in [-0.2, 0) is 35.2 Å². The minimum absolute atomic E-state index is 0.328. The van der Waals surface area contributed by atoms with Gasteiger partial charge in [0.25, 0.3) is 0 Å². The van der Waals surface area contributed by atoms with Crippen LogP contribution in [0.15, 0.2) is 138 Å². The number of aromatic amines is 1. The maximum absolute atomic E-state index is 11.6. The Labute approximate surface area is 423 Å². The Morgan fingerprint density at radius 3 is 1.88 bits per heavy atom. The number of aryl methyl sites for hydroxylation is 5. The van der Waals surface area contributed by atoms with Crippen molar-refractivity contribution in [2.24, 2.45) is 4.99 Å². The molecule has 0 fully saturated rings. The van der Waals surface area contributed by atoms with Crippen LogP contribution in [0.3, 0.4) is 0 Å². The molecule has 0 atom stereocenters. The average molecular weight is 962 g/mol. The molecule has 0 spiro atoms. The number of nitrogens with one attached hydrogen (secondary N) is 1. The zero-order valence-corrected chi connectivity index (χ0v) is 42.3. The Balaban J connectivity index is 0.984. The van der Waals surface area contributed by atoms with Gasteiger partial charge in [0.1, 0.15) is 23.1 Å². The summed E-state index contributed by atoms with van der Waals surface area (Å²) < 4.78 is 34.0. The molecular weight excluding hydrogens is 899 g/mol. The number of methoxy groups -OCH3 is 4. The molecule has 6 aromatic carbocycles. The topological polar surface area (TPSA) is 113 Å². The van der Waals surface area contributed by atoms with Gasteiger partial charge in [-0.05, 0) is 195 Å². The lowest BCUT2D eigenvalue weighted by Crippen LogP contribution is -2.08. The maximum Gasteiger partial charge on any atom is 0.333 e. The number of ether oxygens (including phenoxy) is 6. The zero-order valence-electron chi connectivity index (χ0n) is 42.3. The van der Waals surface area contributed by atoms with Gasteiger partial charge in [-0.3, -0.25) is 4.99 Å². The lowest BCUT2D eigenvalue weighted by molar-refractivity contribution is -0.139. The van der Waals surface area contributed by atoms with Crippen LogP contribution in [0.4, 0.5) is 0 Å². The number of rotatable bonds is 19. The highest BCUT2D eigenvalue weighted by molar-refractivity contribution is 6.17. The van der Waals surface area contributed by atoms with E-state index in [-0.39, 0.29) is 5.97 Å². The molecule has 1 aromatic heterocycles. The van der Waals surface area contributed by atoms with Crippen molar-refractivity contribution in [1.29, 1.82) is 0 Å². The number of carbonyl (C=O) groups excluding carboxylic acids is 1. The van der Waals surface area contributed by atoms with Gasteiger partial charge in [-0.1, -0.05) is 43.0 Å². The fourth-order valence-electron chi connectivity index (χ4n) is 9.64. The van der Waals surface area contributed by atoms with Crippen LogP contribution < -0.4 is 23.7 Å². The van der Waals surface area contributed by atoms with E-state index in [4.69, 9.17) is 38.4 Å². The molecule has 2 heterocycles. The number of carbonyl (C=O) groups is 1. The number of benzene rings is 6. The van der Waals surface area contributed by atoms with Crippen molar-refractivity contribution in [2.45, 2.75) is 71.6 Å². The van der Waals surface area contributed by atoms with Crippen LogP contribution in [0.1, 0.15) is 83.5 Å². The number of allylic oxidation sites excluding steroid dienone is 1. The molecule has 72 heavy (non-hydrogen) atoms. The van der Waals surface area contributed by atoms with E-state index in [9.17, 15) is 4.79 Å². The number of aliphatic imine (C=N–C) groups is 1. The molecule has 0 saturated carbocycles. The van der Waals surface area contributed by atoms with Crippen LogP contribution in [0.25, 0.3) is 45.2 Å². The van der Waals surface area contributed by atoms with E-state index in [0.29, 0.717) is 36.7 Å². The molecule has 7 aromatic rings. The number of aromatic nitrogens is 2. The summed E-state index contributed by atoms with van der Waals surface area (Å²) in [4.78, 5) is 26.4. The van der Waals surface area contributed by atoms with Crippen LogP contribution in [0.2, 0.25) is 0 Å². The van der Waals surface area contributed by atoms with Crippen LogP contribution in [-0.4, -0.2) is 63.3 Å². The van der Waals surface area contributed by atoms with Gasteiger partial charge >= 0.3 is 5.97 Å². The van der Waals surface area contributed by atoms with Crippen molar-refractivity contribution in [3.05, 3.63) is 178 Å². The summed E-state index contributed by atoms with van der Waals surface area (Å²) in [5, 5.41) is 0. The molecule has 4 aliphatic carbocycles. The first-order valence-corrected chi connectivity index (χ1v) is 24.9. The Bertz CT molecular complexity index is 3160. The molecule has 1 N–H and O–H groups in total. The Morgan fingerprint density at radius 2 is 1.21 bits per heavy atom. The number of esters is 1. The molecule has 5 aliphatic rings. The fourth-order valence-corrected chi connectivity index (χ4v) is 9.64. The molecule has 0 unspecified atom stereocenters. The minimum Gasteiger partial charge on any atom is -0.497 e. The van der Waals surface area contributed by atoms with E-state index in [1.54, 1.807) is 35.4 Å². The van der Waals surface area contributed by atoms with Gasteiger partial charge in [0.15, 0.2) is 11.5 Å². The third-order valence-electron chi connectivity index (χ3n) is 13.7. The monoisotopic (exact) mass is 961 g/mol. The molecule has 0 saturated heterocycles. The van der Waals surface area contributed by atoms with E-state index in [0.717, 1.165) is 131 Å². The summed E-state index contributed by atoms with van der Waals surface area (Å²) in [6.45, 7) is 8.40. The highest BCUT2D eigenvalue weighted by atomic mass is 16.5. The van der Waals surface area contributed by atoms with E-state index in [1.165, 1.54) is 33.4 Å². The van der Waals surface area contributed by atoms with Gasteiger partial charge in [-0.25, -0.2) is 9.78 Å². The van der Waals surface area contributed by atoms with Crippen molar-refractivity contribution in [2.75, 3.05) is 41.7 Å². The quantitative estimate of drug-likeness (QED) is 0.0484. The molecular formula is C62H63N3O7. The van der Waals surface area contributed by atoms with Gasteiger partial charge in [0, 0.05) is 34.2 Å². The minimum atomic E-state index is -0.328. The number of hydrogen-bond acceptors (Lipinski definition) is 9. The fraction of sp³-hybridized carbons (Fsp3) is 0.274. The predicted octanol–water partition coefficient (Wildman–Crippen LogP) is 13.5. The first-order valence-electron chi connectivity index (χ1n) is 24.9. The van der Waals surface area contributed by atoms with Gasteiger partial charge in [-0.15, -0.1) is 0 Å². The molecule has 10 nitrogen and oxygen atoms in total. The molecule has 368 valence electrons. The van der Waals surface area contributed by atoms with E-state index < -0.39 is 0 Å². The van der Waals surface area contributed by atoms with E-state index in [1.807, 2.05) is 36.4 Å². The summed E-state index contributed by atoms with van der Waals surface area (Å²) in [6, 6.07) is 42.7. The largest absolute Gasteiger partial charge is 0.497 e. The standard InChI is InChI=1S/C62H63N3O7/c1-39(2)62(66)72-33-11-9-8-10-32-71-50-28-20-44(21-29-50)52-38-54(63-58(52)46-22-26-49(67-4)27-23-46)51-35-41-12-13-42-15-17-45(19-18-43(51)16-14-41)53(36-42)61-64-59(47-24-30-55(68-5)40(3)34-47)60(65-61)48-25-31-56(69-6)57(37-48)70-7/h14-17,20-31,34-37H,1,8-13,18-19,32-33,38H2,2-7H3,(H,64,65). The number of hydrogen-bond donors (Lipinski definition) is 1. The smallest absolute Gasteiger partial charge is 0.333 e. The Hall–Kier alpha value is -7.85. The van der Waals surface area contributed by atoms with Gasteiger partial charge in [-0.2, -0.15) is 0 Å². The average Bonchev–Trinajstić information content (AvgIpc) is 4.06. The van der Waals surface area contributed by atoms with E-state index in [2.05, 4.69) is 103 Å². The second-order valence-corrected chi connectivity index (χ2v) is 18.5. The summed E-state index contributed by atoms with van der Waals surface area (Å²) in [7, 11) is 6.70. The van der Waals surface area contributed by atoms with Crippen LogP contribution >= 0.6 is 0 Å². The summed E-state index contributed by atoms with van der Waals surface area (Å²) in [5.74, 6) is 4.27. The predicted molar refractivity (Wildman–Crippen MR) is 288 cm³/mol. The van der Waals surface area contributed by atoms with Gasteiger partial charge < -0.3 is 33.4 Å². The van der Waals surface area contributed by atoms with Crippen molar-refractivity contribution < 1.29 is 33.2 Å². The van der Waals surface area contributed by atoms with Crippen molar-refractivity contribution in [1.82, 2.24) is 9.97 Å². The van der Waals surface area contributed by atoms with Crippen molar-refractivity contribution in [3.63, 3.8) is 0 Å². The van der Waals surface area contributed by atoms with E-state index >= 15 is 0 Å². The lowest BCUT2D eigenvalue weighted by atomic mass is 9.88. The summed E-state index contributed by atoms with van der Waals surface area (Å²) in [5.41, 5.74) is 17.8. The van der Waals surface area contributed by atoms with Gasteiger partial charge in [0.05, 0.1) is 64.4 Å². The second-order valence-electron chi connectivity index (χ2n) is 18.5. The Morgan fingerprint density at radius 1 is 0.597 bits per heavy atom. The number of H-pyrrole nitrogens is 1. The number of imidazole rings is 1. The third-order valence-corrected chi connectivity index (χ3v) is 13.7. The molecule has 1 aliphatic heterocycles. The number of unbranched alkanes of at least 4 members (excludes halogenated alkanes) is 3. The van der Waals surface area contributed by atoms with Crippen LogP contribution in [0.5, 0.6) is 28.7 Å². The van der Waals surface area contributed by atoms with Crippen molar-refractivity contribution >= 4 is 23.0 Å². The second kappa shape index (κ2) is 22.5. The van der Waals surface area contributed by atoms with Crippen molar-refractivity contribution in [3.8, 4) is 62.7 Å². The molecule has 4 bridgehead atoms. The highest BCUT2D eigenvalue weighted by Gasteiger charge is 2.26. The zero-order chi connectivity index (χ0) is 50.1. The lowest BCUT2D eigenvalue weighted by Gasteiger charge is -2.17. The summed E-state index contributed by atoms with van der Waals surface area (Å²) >= 11 is 0. The summed E-state index contributed by atoms with van der Waals surface area (Å²) in [6.07, 6.45) is 7.77. The number of nitrogens with zero attached hydrogens (tertiary/aromatic N) is 2. The molecule has 12 rings (SSSR count).